The van der Waals surface area contributed by atoms with Crippen molar-refractivity contribution in [1.29, 1.82) is 0 Å². The summed E-state index contributed by atoms with van der Waals surface area (Å²) in [5, 5.41) is 0.739. The van der Waals surface area contributed by atoms with Crippen LogP contribution < -0.4 is 9.62 Å². The van der Waals surface area contributed by atoms with Crippen molar-refractivity contribution in [3.8, 4) is 11.1 Å². The molecule has 8 rings (SSSR count). The van der Waals surface area contributed by atoms with Crippen LogP contribution in [0.5, 0.6) is 0 Å². The number of nitrogens with one attached hydrogen (secondary N) is 1. The summed E-state index contributed by atoms with van der Waals surface area (Å²) in [5.41, 5.74) is 5.02. The highest BCUT2D eigenvalue weighted by Gasteiger charge is 2.59. The van der Waals surface area contributed by atoms with Gasteiger partial charge in [-0.3, -0.25) is 9.69 Å². The SMILES string of the molecule is O=C(NS(=O)(=O)CC12CC3CC(CC1C3)C2)c1ccc(N2CCN(Cc3ccccc3-c3ccc(Cl)cc3)CC2)cc1. The van der Waals surface area contributed by atoms with Crippen LogP contribution in [0.4, 0.5) is 5.69 Å². The molecule has 8 heteroatoms. The standard InChI is InChI=1S/C34H38ClN3O3S/c35-30-9-5-26(6-10-30)32-4-2-1-3-28(32)22-37-13-15-38(16-14-37)31-11-7-27(8-12-31)33(39)36-42(40,41)23-34-20-24-17-25(21-34)19-29(34)18-24/h1-12,24-25,29H,13-23H2,(H,36,39). The van der Waals surface area contributed by atoms with Gasteiger partial charge >= 0.3 is 0 Å². The summed E-state index contributed by atoms with van der Waals surface area (Å²) in [6.45, 7) is 4.51. The maximum atomic E-state index is 13.1. The maximum absolute atomic E-state index is 13.1. The summed E-state index contributed by atoms with van der Waals surface area (Å²) in [4.78, 5) is 17.7. The Hall–Kier alpha value is -2.87. The van der Waals surface area contributed by atoms with Gasteiger partial charge in [0.2, 0.25) is 10.0 Å². The molecule has 3 aromatic carbocycles. The first-order chi connectivity index (χ1) is 20.3. The fourth-order valence-corrected chi connectivity index (χ4v) is 10.4. The molecule has 2 unspecified atom stereocenters. The number of piperazine rings is 1. The molecule has 6 nitrogen and oxygen atoms in total. The highest BCUT2D eigenvalue weighted by Crippen LogP contribution is 2.65. The Morgan fingerprint density at radius 1 is 0.857 bits per heavy atom. The van der Waals surface area contributed by atoms with E-state index >= 15 is 0 Å². The smallest absolute Gasteiger partial charge is 0.264 e. The third kappa shape index (κ3) is 5.59. The van der Waals surface area contributed by atoms with Crippen molar-refractivity contribution >= 4 is 33.2 Å². The molecule has 1 saturated heterocycles. The van der Waals surface area contributed by atoms with Gasteiger partial charge in [0.25, 0.3) is 5.91 Å². The quantitative estimate of drug-likeness (QED) is 0.331. The molecule has 2 atom stereocenters. The Kier molecular flexibility index (Phi) is 7.32. The van der Waals surface area contributed by atoms with E-state index in [-0.39, 0.29) is 11.2 Å². The third-order valence-electron chi connectivity index (χ3n) is 10.3. The van der Waals surface area contributed by atoms with Gasteiger partial charge < -0.3 is 4.90 Å². The second-order valence-corrected chi connectivity index (χ2v) is 15.2. The number of amides is 1. The largest absolute Gasteiger partial charge is 0.369 e. The summed E-state index contributed by atoms with van der Waals surface area (Å²) in [5.74, 6) is 1.46. The van der Waals surface area contributed by atoms with E-state index in [2.05, 4.69) is 50.9 Å². The van der Waals surface area contributed by atoms with Crippen LogP contribution in [0.1, 0.15) is 48.0 Å². The Balaban J connectivity index is 0.938. The maximum Gasteiger partial charge on any atom is 0.264 e. The average molecular weight is 604 g/mol. The molecule has 3 aromatic rings. The number of halogens is 1. The van der Waals surface area contributed by atoms with Crippen molar-refractivity contribution in [3.63, 3.8) is 0 Å². The highest BCUT2D eigenvalue weighted by atomic mass is 35.5. The zero-order valence-electron chi connectivity index (χ0n) is 23.8. The van der Waals surface area contributed by atoms with Crippen LogP contribution in [0.2, 0.25) is 5.02 Å². The predicted octanol–water partition coefficient (Wildman–Crippen LogP) is 6.22. The number of rotatable bonds is 8. The Bertz CT molecular complexity index is 1550. The van der Waals surface area contributed by atoms with Crippen molar-refractivity contribution in [1.82, 2.24) is 9.62 Å². The summed E-state index contributed by atoms with van der Waals surface area (Å²) in [7, 11) is -3.69. The fraction of sp³-hybridized carbons (Fsp3) is 0.441. The number of hydrogen-bond donors (Lipinski definition) is 1. The number of anilines is 1. The van der Waals surface area contributed by atoms with E-state index < -0.39 is 15.9 Å². The first-order valence-electron chi connectivity index (χ1n) is 15.2. The Labute approximate surface area is 254 Å². The highest BCUT2D eigenvalue weighted by molar-refractivity contribution is 7.90. The lowest BCUT2D eigenvalue weighted by Gasteiger charge is -2.36. The number of nitrogens with zero attached hydrogens (tertiary/aromatic N) is 2. The summed E-state index contributed by atoms with van der Waals surface area (Å²) in [6.07, 6.45) is 5.64. The molecule has 5 fully saturated rings. The normalized spacial score (nSPS) is 27.0. The van der Waals surface area contributed by atoms with Gasteiger partial charge in [-0.25, -0.2) is 13.1 Å². The second kappa shape index (κ2) is 11.0. The van der Waals surface area contributed by atoms with Gasteiger partial charge in [-0.05, 0) is 108 Å². The lowest BCUT2D eigenvalue weighted by Crippen LogP contribution is -2.46. The summed E-state index contributed by atoms with van der Waals surface area (Å²) >= 11 is 6.10. The van der Waals surface area contributed by atoms with E-state index in [1.54, 1.807) is 12.1 Å². The topological polar surface area (TPSA) is 69.7 Å². The number of sulfonamides is 1. The Morgan fingerprint density at radius 2 is 1.52 bits per heavy atom. The van der Waals surface area contributed by atoms with Crippen molar-refractivity contribution in [2.45, 2.75) is 38.6 Å². The molecular weight excluding hydrogens is 566 g/mol. The van der Waals surface area contributed by atoms with Crippen LogP contribution in [0.15, 0.2) is 72.8 Å². The number of hydrogen-bond acceptors (Lipinski definition) is 5. The summed E-state index contributed by atoms with van der Waals surface area (Å²) in [6, 6.07) is 23.9. The zero-order valence-corrected chi connectivity index (χ0v) is 25.4. The second-order valence-electron chi connectivity index (χ2n) is 13.1. The van der Waals surface area contributed by atoms with Crippen LogP contribution in [0.25, 0.3) is 11.1 Å². The molecule has 1 amide bonds. The monoisotopic (exact) mass is 603 g/mol. The molecule has 0 aromatic heterocycles. The van der Waals surface area contributed by atoms with Gasteiger partial charge in [0.1, 0.15) is 0 Å². The van der Waals surface area contributed by atoms with E-state index in [0.717, 1.165) is 56.3 Å². The van der Waals surface area contributed by atoms with Gasteiger partial charge in [0.05, 0.1) is 5.75 Å². The summed E-state index contributed by atoms with van der Waals surface area (Å²) < 4.78 is 28.5. The minimum Gasteiger partial charge on any atom is -0.369 e. The van der Waals surface area contributed by atoms with Crippen molar-refractivity contribution in [3.05, 3.63) is 88.9 Å². The van der Waals surface area contributed by atoms with Gasteiger partial charge in [0, 0.05) is 49.0 Å². The van der Waals surface area contributed by atoms with Crippen molar-refractivity contribution in [2.24, 2.45) is 23.2 Å². The molecule has 1 heterocycles. The number of carbonyl (C=O) groups is 1. The molecule has 42 heavy (non-hydrogen) atoms. The van der Waals surface area contributed by atoms with Crippen LogP contribution in [-0.2, 0) is 16.6 Å². The third-order valence-corrected chi connectivity index (χ3v) is 12.0. The molecule has 1 aliphatic heterocycles. The minimum absolute atomic E-state index is 0.0932. The molecule has 0 spiro atoms. The lowest BCUT2D eigenvalue weighted by molar-refractivity contribution is 0.0980. The first kappa shape index (κ1) is 27.9. The molecule has 0 radical (unpaired) electrons. The molecule has 220 valence electrons. The molecule has 4 aliphatic carbocycles. The lowest BCUT2D eigenvalue weighted by atomic mass is 9.77. The van der Waals surface area contributed by atoms with E-state index in [9.17, 15) is 13.2 Å². The first-order valence-corrected chi connectivity index (χ1v) is 17.2. The van der Waals surface area contributed by atoms with Gasteiger partial charge in [-0.15, -0.1) is 0 Å². The number of benzene rings is 3. The van der Waals surface area contributed by atoms with Crippen LogP contribution in [0, 0.1) is 23.2 Å². The average Bonchev–Trinajstić information content (AvgIpc) is 3.35. The minimum atomic E-state index is -3.69. The van der Waals surface area contributed by atoms with E-state index in [1.165, 1.54) is 36.0 Å². The van der Waals surface area contributed by atoms with Crippen molar-refractivity contribution in [2.75, 3.05) is 36.8 Å². The van der Waals surface area contributed by atoms with Gasteiger partial charge in [0.15, 0.2) is 0 Å². The fourth-order valence-electron chi connectivity index (χ4n) is 8.61. The van der Waals surface area contributed by atoms with Crippen molar-refractivity contribution < 1.29 is 13.2 Å². The van der Waals surface area contributed by atoms with Crippen LogP contribution >= 0.6 is 11.6 Å². The molecule has 1 N–H and O–H groups in total. The molecular formula is C34H38ClN3O3S. The van der Waals surface area contributed by atoms with E-state index in [0.29, 0.717) is 23.3 Å². The predicted molar refractivity (Wildman–Crippen MR) is 168 cm³/mol. The number of carbonyl (C=O) groups excluding carboxylic acids is 1. The van der Waals surface area contributed by atoms with Gasteiger partial charge in [-0.1, -0.05) is 48.0 Å². The molecule has 5 aliphatic rings. The van der Waals surface area contributed by atoms with E-state index in [1.807, 2.05) is 24.3 Å². The van der Waals surface area contributed by atoms with Crippen LogP contribution in [-0.4, -0.2) is 51.2 Å². The Morgan fingerprint density at radius 3 is 2.21 bits per heavy atom. The van der Waals surface area contributed by atoms with E-state index in [4.69, 9.17) is 11.6 Å². The molecule has 4 bridgehead atoms. The van der Waals surface area contributed by atoms with Crippen LogP contribution in [0.3, 0.4) is 0 Å². The van der Waals surface area contributed by atoms with Gasteiger partial charge in [-0.2, -0.15) is 0 Å². The molecule has 4 saturated carbocycles. The zero-order chi connectivity index (χ0) is 28.9.